The summed E-state index contributed by atoms with van der Waals surface area (Å²) in [6.45, 7) is -0.302. The van der Waals surface area contributed by atoms with E-state index in [4.69, 9.17) is 0 Å². The van der Waals surface area contributed by atoms with E-state index in [9.17, 15) is 13.2 Å². The van der Waals surface area contributed by atoms with Crippen molar-refractivity contribution in [2.45, 2.75) is 4.90 Å². The fraction of sp³-hybridized carbons (Fsp3) is 0.0400. The van der Waals surface area contributed by atoms with Gasteiger partial charge in [-0.3, -0.25) is 13.7 Å². The summed E-state index contributed by atoms with van der Waals surface area (Å²) in [7, 11) is -3.78. The zero-order valence-electron chi connectivity index (χ0n) is 17.3. The highest BCUT2D eigenvalue weighted by Crippen LogP contribution is 2.41. The molecule has 7 nitrogen and oxygen atoms in total. The minimum absolute atomic E-state index is 0.236. The number of nitrogens with zero attached hydrogens (tertiary/aromatic N) is 3. The van der Waals surface area contributed by atoms with Gasteiger partial charge in [-0.1, -0.05) is 36.4 Å². The summed E-state index contributed by atoms with van der Waals surface area (Å²) in [5.41, 5.74) is 3.91. The lowest BCUT2D eigenvalue weighted by atomic mass is 10.1. The molecule has 0 saturated carbocycles. The highest BCUT2D eigenvalue weighted by atomic mass is 32.2. The number of hydrogen-bond donors (Lipinski definition) is 1. The SMILES string of the molecule is O=C(CN1c2cccc3cccc(c23)S1(=O)=O)Nc1ccc(-n2cnc3ccccc32)cc1. The van der Waals surface area contributed by atoms with Crippen LogP contribution in [0.2, 0.25) is 0 Å². The van der Waals surface area contributed by atoms with Crippen molar-refractivity contribution in [3.63, 3.8) is 0 Å². The number of hydrogen-bond acceptors (Lipinski definition) is 4. The van der Waals surface area contributed by atoms with Gasteiger partial charge in [0.05, 0.1) is 21.6 Å². The van der Waals surface area contributed by atoms with Gasteiger partial charge in [0.15, 0.2) is 0 Å². The molecule has 162 valence electrons. The zero-order chi connectivity index (χ0) is 22.6. The fourth-order valence-corrected chi connectivity index (χ4v) is 6.00. The van der Waals surface area contributed by atoms with Crippen molar-refractivity contribution in [1.82, 2.24) is 9.55 Å². The Labute approximate surface area is 190 Å². The number of amides is 1. The second-order valence-corrected chi connectivity index (χ2v) is 9.67. The lowest BCUT2D eigenvalue weighted by Crippen LogP contribution is -2.35. The van der Waals surface area contributed by atoms with E-state index in [1.165, 1.54) is 4.31 Å². The van der Waals surface area contributed by atoms with Gasteiger partial charge in [-0.2, -0.15) is 0 Å². The average molecular weight is 455 g/mol. The minimum Gasteiger partial charge on any atom is -0.325 e. The first-order valence-electron chi connectivity index (χ1n) is 10.4. The fourth-order valence-electron chi connectivity index (χ4n) is 4.33. The maximum atomic E-state index is 13.1. The van der Waals surface area contributed by atoms with E-state index in [-0.39, 0.29) is 11.4 Å². The van der Waals surface area contributed by atoms with Crippen LogP contribution in [0.3, 0.4) is 0 Å². The molecule has 0 aliphatic carbocycles. The van der Waals surface area contributed by atoms with Crippen LogP contribution in [0.15, 0.2) is 96.2 Å². The Hall–Kier alpha value is -4.17. The van der Waals surface area contributed by atoms with Gasteiger partial charge in [-0.25, -0.2) is 13.4 Å². The molecule has 2 heterocycles. The molecule has 0 bridgehead atoms. The van der Waals surface area contributed by atoms with Crippen LogP contribution in [0.5, 0.6) is 0 Å². The number of nitrogens with one attached hydrogen (secondary N) is 1. The molecule has 0 saturated heterocycles. The summed E-state index contributed by atoms with van der Waals surface area (Å²) in [5.74, 6) is -0.413. The molecule has 33 heavy (non-hydrogen) atoms. The van der Waals surface area contributed by atoms with E-state index in [1.54, 1.807) is 42.7 Å². The Kier molecular flexibility index (Phi) is 4.24. The maximum Gasteiger partial charge on any atom is 0.265 e. The summed E-state index contributed by atoms with van der Waals surface area (Å²) < 4.78 is 29.3. The lowest BCUT2D eigenvalue weighted by Gasteiger charge is -2.18. The molecule has 0 fully saturated rings. The van der Waals surface area contributed by atoms with Crippen LogP contribution < -0.4 is 9.62 Å². The molecule has 1 amide bonds. The third-order valence-corrected chi connectivity index (χ3v) is 7.65. The third-order valence-electron chi connectivity index (χ3n) is 5.85. The standard InChI is InChI=1S/C25H18N4O3S/c30-24(15-29-22-9-3-5-17-6-4-10-23(25(17)22)33(29,31)32)27-18-11-13-19(14-12-18)28-16-26-20-7-1-2-8-21(20)28/h1-14,16H,15H2,(H,27,30). The van der Waals surface area contributed by atoms with Crippen molar-refractivity contribution in [3.05, 3.63) is 91.3 Å². The summed E-state index contributed by atoms with van der Waals surface area (Å²) in [6, 6.07) is 25.7. The van der Waals surface area contributed by atoms with Crippen LogP contribution in [-0.4, -0.2) is 30.4 Å². The molecule has 8 heteroatoms. The topological polar surface area (TPSA) is 84.3 Å². The zero-order valence-corrected chi connectivity index (χ0v) is 18.2. The van der Waals surface area contributed by atoms with E-state index in [0.29, 0.717) is 16.8 Å². The quantitative estimate of drug-likeness (QED) is 0.438. The van der Waals surface area contributed by atoms with Crippen molar-refractivity contribution in [1.29, 1.82) is 0 Å². The predicted octanol–water partition coefficient (Wildman–Crippen LogP) is 4.33. The molecule has 4 aromatic carbocycles. The molecule has 0 radical (unpaired) electrons. The molecule has 1 aliphatic heterocycles. The normalized spacial score (nSPS) is 14.1. The van der Waals surface area contributed by atoms with Crippen LogP contribution in [0.1, 0.15) is 0 Å². The van der Waals surface area contributed by atoms with Crippen LogP contribution in [-0.2, 0) is 14.8 Å². The molecular formula is C25H18N4O3S. The van der Waals surface area contributed by atoms with Gasteiger partial charge < -0.3 is 5.32 Å². The summed E-state index contributed by atoms with van der Waals surface area (Å²) in [5, 5.41) is 4.29. The van der Waals surface area contributed by atoms with Crippen molar-refractivity contribution in [2.75, 3.05) is 16.2 Å². The smallest absolute Gasteiger partial charge is 0.265 e. The molecule has 1 aliphatic rings. The number of fused-ring (bicyclic) bond motifs is 1. The van der Waals surface area contributed by atoms with Gasteiger partial charge in [-0.05, 0) is 53.9 Å². The number of carbonyl (C=O) groups is 1. The molecule has 0 atom stereocenters. The van der Waals surface area contributed by atoms with Gasteiger partial charge in [0.2, 0.25) is 5.91 Å². The number of benzene rings is 4. The molecule has 5 aromatic rings. The number of rotatable bonds is 4. The van der Waals surface area contributed by atoms with E-state index in [1.807, 2.05) is 53.1 Å². The van der Waals surface area contributed by atoms with E-state index in [2.05, 4.69) is 10.3 Å². The number of para-hydroxylation sites is 2. The van der Waals surface area contributed by atoms with Crippen LogP contribution in [0.25, 0.3) is 27.5 Å². The highest BCUT2D eigenvalue weighted by molar-refractivity contribution is 7.93. The molecule has 0 unspecified atom stereocenters. The van der Waals surface area contributed by atoms with Gasteiger partial charge in [0.25, 0.3) is 10.0 Å². The monoisotopic (exact) mass is 454 g/mol. The number of aromatic nitrogens is 2. The lowest BCUT2D eigenvalue weighted by molar-refractivity contribution is -0.114. The van der Waals surface area contributed by atoms with E-state index in [0.717, 1.165) is 22.1 Å². The highest BCUT2D eigenvalue weighted by Gasteiger charge is 2.36. The second kappa shape index (κ2) is 7.18. The van der Waals surface area contributed by atoms with Crippen LogP contribution >= 0.6 is 0 Å². The first kappa shape index (κ1) is 19.5. The third kappa shape index (κ3) is 3.07. The largest absolute Gasteiger partial charge is 0.325 e. The molecule has 1 aromatic heterocycles. The number of anilines is 2. The number of sulfonamides is 1. The van der Waals surface area contributed by atoms with Gasteiger partial charge in [0, 0.05) is 16.8 Å². The Morgan fingerprint density at radius 2 is 1.64 bits per heavy atom. The van der Waals surface area contributed by atoms with Crippen LogP contribution in [0, 0.1) is 0 Å². The number of carbonyl (C=O) groups excluding carboxylic acids is 1. The molecule has 1 N–H and O–H groups in total. The molecular weight excluding hydrogens is 436 g/mol. The van der Waals surface area contributed by atoms with Crippen LogP contribution in [0.4, 0.5) is 11.4 Å². The van der Waals surface area contributed by atoms with E-state index >= 15 is 0 Å². The summed E-state index contributed by atoms with van der Waals surface area (Å²) in [4.78, 5) is 17.4. The van der Waals surface area contributed by atoms with Crippen molar-refractivity contribution < 1.29 is 13.2 Å². The van der Waals surface area contributed by atoms with Gasteiger partial charge in [0.1, 0.15) is 12.9 Å². The second-order valence-electron chi connectivity index (χ2n) is 7.84. The maximum absolute atomic E-state index is 13.1. The summed E-state index contributed by atoms with van der Waals surface area (Å²) >= 11 is 0. The predicted molar refractivity (Wildman–Crippen MR) is 128 cm³/mol. The molecule has 6 rings (SSSR count). The Balaban J connectivity index is 1.23. The van der Waals surface area contributed by atoms with Crippen molar-refractivity contribution >= 4 is 49.1 Å². The van der Waals surface area contributed by atoms with Crippen molar-refractivity contribution in [3.8, 4) is 5.69 Å². The number of imidazole rings is 1. The Bertz CT molecular complexity index is 1650. The van der Waals surface area contributed by atoms with Gasteiger partial charge in [-0.15, -0.1) is 0 Å². The summed E-state index contributed by atoms with van der Waals surface area (Å²) in [6.07, 6.45) is 1.76. The first-order chi connectivity index (χ1) is 16.0. The van der Waals surface area contributed by atoms with E-state index < -0.39 is 15.9 Å². The Morgan fingerprint density at radius 3 is 2.45 bits per heavy atom. The van der Waals surface area contributed by atoms with Crippen molar-refractivity contribution in [2.24, 2.45) is 0 Å². The average Bonchev–Trinajstić information content (AvgIpc) is 3.34. The minimum atomic E-state index is -3.78. The molecule has 0 spiro atoms. The van der Waals surface area contributed by atoms with Gasteiger partial charge >= 0.3 is 0 Å². The first-order valence-corrected chi connectivity index (χ1v) is 11.8. The Morgan fingerprint density at radius 1 is 0.879 bits per heavy atom.